The van der Waals surface area contributed by atoms with Gasteiger partial charge in [0.2, 0.25) is 0 Å². The van der Waals surface area contributed by atoms with Crippen molar-refractivity contribution in [2.75, 3.05) is 0 Å². The molecule has 6 nitrogen and oxygen atoms in total. The lowest BCUT2D eigenvalue weighted by Gasteiger charge is -2.05. The van der Waals surface area contributed by atoms with Crippen LogP contribution in [0.15, 0.2) is 59.1 Å². The van der Waals surface area contributed by atoms with Gasteiger partial charge in [-0.05, 0) is 31.2 Å². The van der Waals surface area contributed by atoms with Crippen LogP contribution in [0.25, 0.3) is 10.6 Å². The second-order valence-electron chi connectivity index (χ2n) is 5.02. The Labute approximate surface area is 143 Å². The number of aryl methyl sites for hydroxylation is 1. The third-order valence-corrected chi connectivity index (χ3v) is 5.46. The maximum atomic E-state index is 12.2. The van der Waals surface area contributed by atoms with Crippen LogP contribution in [0.4, 0.5) is 0 Å². The van der Waals surface area contributed by atoms with Crippen LogP contribution in [0, 0.1) is 6.92 Å². The summed E-state index contributed by atoms with van der Waals surface area (Å²) >= 11 is 1.26. The van der Waals surface area contributed by atoms with Crippen LogP contribution < -0.4 is 4.72 Å². The number of hydrogen-bond donors (Lipinski definition) is 1. The van der Waals surface area contributed by atoms with Crippen molar-refractivity contribution in [1.29, 1.82) is 0 Å². The highest BCUT2D eigenvalue weighted by Gasteiger charge is 2.20. The Morgan fingerprint density at radius 1 is 1.08 bits per heavy atom. The largest absolute Gasteiger partial charge is 0.284 e. The van der Waals surface area contributed by atoms with Crippen LogP contribution in [-0.4, -0.2) is 24.3 Å². The predicted octanol–water partition coefficient (Wildman–Crippen LogP) is 2.63. The number of sulfonamides is 1. The molecule has 1 N–H and O–H groups in total. The fourth-order valence-electron chi connectivity index (χ4n) is 1.96. The number of nitrogens with zero attached hydrogens (tertiary/aromatic N) is 2. The minimum absolute atomic E-state index is 0.0334. The van der Waals surface area contributed by atoms with Gasteiger partial charge in [0, 0.05) is 23.3 Å². The lowest BCUT2D eigenvalue weighted by Crippen LogP contribution is -2.30. The van der Waals surface area contributed by atoms with E-state index in [0.717, 1.165) is 11.1 Å². The first-order valence-corrected chi connectivity index (χ1v) is 9.32. The highest BCUT2D eigenvalue weighted by Crippen LogP contribution is 2.23. The number of pyridine rings is 1. The molecule has 1 aromatic carbocycles. The number of carbonyl (C=O) groups excluding carboxylic acids is 1. The third-order valence-electron chi connectivity index (χ3n) is 3.22. The van der Waals surface area contributed by atoms with E-state index in [4.69, 9.17) is 0 Å². The van der Waals surface area contributed by atoms with E-state index in [1.54, 1.807) is 36.7 Å². The first kappa shape index (κ1) is 16.3. The molecule has 122 valence electrons. The molecule has 0 aliphatic heterocycles. The summed E-state index contributed by atoms with van der Waals surface area (Å²) in [5, 5.41) is 2.14. The summed E-state index contributed by atoms with van der Waals surface area (Å²) in [5.74, 6) is -0.757. The predicted molar refractivity (Wildman–Crippen MR) is 91.2 cm³/mol. The molecule has 0 atom stereocenters. The molecule has 0 bridgehead atoms. The van der Waals surface area contributed by atoms with Gasteiger partial charge in [0.1, 0.15) is 10.7 Å². The number of carbonyl (C=O) groups is 1. The first-order valence-electron chi connectivity index (χ1n) is 6.95. The third kappa shape index (κ3) is 3.50. The van der Waals surface area contributed by atoms with Crippen molar-refractivity contribution in [3.63, 3.8) is 0 Å². The van der Waals surface area contributed by atoms with Crippen molar-refractivity contribution in [3.05, 3.63) is 65.4 Å². The van der Waals surface area contributed by atoms with Gasteiger partial charge in [0.05, 0.1) is 4.90 Å². The first-order chi connectivity index (χ1) is 11.5. The minimum atomic E-state index is -3.92. The number of benzene rings is 1. The second-order valence-corrected chi connectivity index (χ2v) is 7.56. The quantitative estimate of drug-likeness (QED) is 0.773. The molecule has 0 aliphatic carbocycles. The molecule has 2 heterocycles. The number of rotatable bonds is 4. The SMILES string of the molecule is Cc1ccc(S(=O)(=O)NC(=O)c2csc(-c3ccncc3)n2)cc1. The molecular formula is C16H13N3O3S2. The molecule has 3 aromatic rings. The lowest BCUT2D eigenvalue weighted by molar-refractivity contribution is 0.0977. The van der Waals surface area contributed by atoms with Crippen molar-refractivity contribution in [1.82, 2.24) is 14.7 Å². The van der Waals surface area contributed by atoms with Crippen molar-refractivity contribution >= 4 is 27.3 Å². The summed E-state index contributed by atoms with van der Waals surface area (Å²) in [5.41, 5.74) is 1.81. The van der Waals surface area contributed by atoms with Gasteiger partial charge in [-0.1, -0.05) is 17.7 Å². The zero-order chi connectivity index (χ0) is 17.2. The van der Waals surface area contributed by atoms with Crippen LogP contribution in [0.5, 0.6) is 0 Å². The molecule has 2 aromatic heterocycles. The summed E-state index contributed by atoms with van der Waals surface area (Å²) in [4.78, 5) is 20.3. The van der Waals surface area contributed by atoms with Crippen molar-refractivity contribution in [2.24, 2.45) is 0 Å². The van der Waals surface area contributed by atoms with E-state index in [1.807, 2.05) is 11.6 Å². The standard InChI is InChI=1S/C16H13N3O3S2/c1-11-2-4-13(5-3-11)24(21,22)19-15(20)14-10-23-16(18-14)12-6-8-17-9-7-12/h2-10H,1H3,(H,19,20). The van der Waals surface area contributed by atoms with Crippen LogP contribution in [-0.2, 0) is 10.0 Å². The maximum Gasteiger partial charge on any atom is 0.284 e. The second kappa shape index (κ2) is 6.50. The van der Waals surface area contributed by atoms with Gasteiger partial charge >= 0.3 is 0 Å². The highest BCUT2D eigenvalue weighted by atomic mass is 32.2. The van der Waals surface area contributed by atoms with Gasteiger partial charge in [-0.15, -0.1) is 11.3 Å². The Morgan fingerprint density at radius 3 is 2.42 bits per heavy atom. The molecule has 0 radical (unpaired) electrons. The number of hydrogen-bond acceptors (Lipinski definition) is 6. The minimum Gasteiger partial charge on any atom is -0.266 e. The Balaban J connectivity index is 1.80. The van der Waals surface area contributed by atoms with Crippen molar-refractivity contribution in [2.45, 2.75) is 11.8 Å². The molecule has 3 rings (SSSR count). The van der Waals surface area contributed by atoms with Crippen LogP contribution in [0.2, 0.25) is 0 Å². The number of aromatic nitrogens is 2. The average molecular weight is 359 g/mol. The van der Waals surface area contributed by atoms with Gasteiger partial charge in [0.15, 0.2) is 0 Å². The summed E-state index contributed by atoms with van der Waals surface area (Å²) < 4.78 is 26.5. The smallest absolute Gasteiger partial charge is 0.266 e. The van der Waals surface area contributed by atoms with Crippen LogP contribution in [0.1, 0.15) is 16.1 Å². The number of nitrogens with one attached hydrogen (secondary N) is 1. The molecule has 24 heavy (non-hydrogen) atoms. The van der Waals surface area contributed by atoms with E-state index in [1.165, 1.54) is 28.8 Å². The molecule has 1 amide bonds. The van der Waals surface area contributed by atoms with Gasteiger partial charge in [-0.25, -0.2) is 18.1 Å². The van der Waals surface area contributed by atoms with E-state index in [9.17, 15) is 13.2 Å². The molecule has 0 aliphatic rings. The van der Waals surface area contributed by atoms with Gasteiger partial charge in [-0.3, -0.25) is 9.78 Å². The number of thiazole rings is 1. The summed E-state index contributed by atoms with van der Waals surface area (Å²) in [6.07, 6.45) is 3.25. The summed E-state index contributed by atoms with van der Waals surface area (Å²) in [7, 11) is -3.92. The van der Waals surface area contributed by atoms with Crippen molar-refractivity contribution < 1.29 is 13.2 Å². The topological polar surface area (TPSA) is 89.0 Å². The van der Waals surface area contributed by atoms with E-state index in [-0.39, 0.29) is 10.6 Å². The molecular weight excluding hydrogens is 346 g/mol. The molecule has 0 saturated carbocycles. The molecule has 0 saturated heterocycles. The van der Waals surface area contributed by atoms with Crippen LogP contribution in [0.3, 0.4) is 0 Å². The lowest BCUT2D eigenvalue weighted by atomic mass is 10.2. The Hall–Kier alpha value is -2.58. The van der Waals surface area contributed by atoms with Crippen molar-refractivity contribution in [3.8, 4) is 10.6 Å². The molecule has 8 heteroatoms. The average Bonchev–Trinajstić information content (AvgIpc) is 3.06. The maximum absolute atomic E-state index is 12.2. The molecule has 0 fully saturated rings. The number of amides is 1. The molecule has 0 unspecified atom stereocenters. The fraction of sp³-hybridized carbons (Fsp3) is 0.0625. The van der Waals surface area contributed by atoms with E-state index < -0.39 is 15.9 Å². The fourth-order valence-corrected chi connectivity index (χ4v) is 3.72. The Morgan fingerprint density at radius 2 is 1.75 bits per heavy atom. The van der Waals surface area contributed by atoms with Gasteiger partial charge in [0.25, 0.3) is 15.9 Å². The molecule has 0 spiro atoms. The Bertz CT molecular complexity index is 965. The van der Waals surface area contributed by atoms with Gasteiger partial charge in [-0.2, -0.15) is 0 Å². The zero-order valence-corrected chi connectivity index (χ0v) is 14.3. The summed E-state index contributed by atoms with van der Waals surface area (Å²) in [6, 6.07) is 9.78. The highest BCUT2D eigenvalue weighted by molar-refractivity contribution is 7.90. The van der Waals surface area contributed by atoms with E-state index in [0.29, 0.717) is 5.01 Å². The van der Waals surface area contributed by atoms with Crippen LogP contribution >= 0.6 is 11.3 Å². The normalized spacial score (nSPS) is 11.2. The monoisotopic (exact) mass is 359 g/mol. The van der Waals surface area contributed by atoms with E-state index in [2.05, 4.69) is 9.97 Å². The van der Waals surface area contributed by atoms with E-state index >= 15 is 0 Å². The zero-order valence-electron chi connectivity index (χ0n) is 12.6. The Kier molecular flexibility index (Phi) is 4.41. The van der Waals surface area contributed by atoms with Gasteiger partial charge < -0.3 is 0 Å². The summed E-state index contributed by atoms with van der Waals surface area (Å²) in [6.45, 7) is 1.85.